The van der Waals surface area contributed by atoms with Gasteiger partial charge in [0.2, 0.25) is 0 Å². The van der Waals surface area contributed by atoms with Gasteiger partial charge in [0.25, 0.3) is 0 Å². The van der Waals surface area contributed by atoms with Gasteiger partial charge in [0.15, 0.2) is 0 Å². The van der Waals surface area contributed by atoms with Gasteiger partial charge in [-0.15, -0.1) is 0 Å². The van der Waals surface area contributed by atoms with Crippen LogP contribution in [0.1, 0.15) is 57.8 Å². The maximum Gasteiger partial charge on any atom is 0.0246 e. The molecule has 3 aliphatic rings. The predicted octanol–water partition coefficient (Wildman–Crippen LogP) is 3.28. The van der Waals surface area contributed by atoms with Gasteiger partial charge in [-0.1, -0.05) is 25.7 Å². The molecule has 5 atom stereocenters. The zero-order valence-electron chi connectivity index (χ0n) is 12.9. The SMILES string of the molecule is CNC1CCCCCC1N(C)CC1CC2CCC1C2. The molecule has 3 saturated carbocycles. The van der Waals surface area contributed by atoms with Gasteiger partial charge in [0, 0.05) is 18.6 Å². The average Bonchev–Trinajstić information content (AvgIpc) is 2.93. The molecule has 2 heteroatoms. The Kier molecular flexibility index (Phi) is 4.48. The smallest absolute Gasteiger partial charge is 0.0246 e. The molecule has 3 fully saturated rings. The molecule has 0 aromatic rings. The number of hydrogen-bond donors (Lipinski definition) is 1. The topological polar surface area (TPSA) is 15.3 Å². The third-order valence-corrected chi connectivity index (χ3v) is 6.32. The van der Waals surface area contributed by atoms with Crippen molar-refractivity contribution in [2.45, 2.75) is 69.9 Å². The first-order valence-electron chi connectivity index (χ1n) is 8.65. The zero-order valence-corrected chi connectivity index (χ0v) is 12.9. The fraction of sp³-hybridized carbons (Fsp3) is 1.00. The Morgan fingerprint density at radius 2 is 1.84 bits per heavy atom. The summed E-state index contributed by atoms with van der Waals surface area (Å²) in [5.74, 6) is 3.19. The first-order chi connectivity index (χ1) is 9.28. The molecular weight excluding hydrogens is 232 g/mol. The molecule has 2 nitrogen and oxygen atoms in total. The van der Waals surface area contributed by atoms with Gasteiger partial charge in [-0.25, -0.2) is 0 Å². The summed E-state index contributed by atoms with van der Waals surface area (Å²) in [4.78, 5) is 2.72. The van der Waals surface area contributed by atoms with E-state index >= 15 is 0 Å². The minimum absolute atomic E-state index is 0.728. The van der Waals surface area contributed by atoms with Gasteiger partial charge in [-0.2, -0.15) is 0 Å². The highest BCUT2D eigenvalue weighted by Gasteiger charge is 2.40. The van der Waals surface area contributed by atoms with Crippen molar-refractivity contribution in [3.8, 4) is 0 Å². The Hall–Kier alpha value is -0.0800. The van der Waals surface area contributed by atoms with Crippen molar-refractivity contribution in [2.75, 3.05) is 20.6 Å². The first kappa shape index (κ1) is 13.9. The van der Waals surface area contributed by atoms with Crippen molar-refractivity contribution in [3.63, 3.8) is 0 Å². The standard InChI is InChI=1S/C17H32N2/c1-18-16-6-4-3-5-7-17(16)19(2)12-15-11-13-8-9-14(15)10-13/h13-18H,3-12H2,1-2H3. The van der Waals surface area contributed by atoms with Crippen LogP contribution >= 0.6 is 0 Å². The van der Waals surface area contributed by atoms with E-state index in [-0.39, 0.29) is 0 Å². The zero-order chi connectivity index (χ0) is 13.2. The highest BCUT2D eigenvalue weighted by Crippen LogP contribution is 2.48. The van der Waals surface area contributed by atoms with Crippen molar-refractivity contribution >= 4 is 0 Å². The number of nitrogens with zero attached hydrogens (tertiary/aromatic N) is 1. The van der Waals surface area contributed by atoms with Crippen LogP contribution in [0.5, 0.6) is 0 Å². The van der Waals surface area contributed by atoms with Crippen LogP contribution in [0, 0.1) is 17.8 Å². The maximum atomic E-state index is 3.59. The third-order valence-electron chi connectivity index (χ3n) is 6.32. The summed E-state index contributed by atoms with van der Waals surface area (Å²) in [6.45, 7) is 1.37. The van der Waals surface area contributed by atoms with Crippen LogP contribution in [-0.2, 0) is 0 Å². The quantitative estimate of drug-likeness (QED) is 0.784. The van der Waals surface area contributed by atoms with Crippen LogP contribution in [0.4, 0.5) is 0 Å². The van der Waals surface area contributed by atoms with Gasteiger partial charge < -0.3 is 10.2 Å². The van der Waals surface area contributed by atoms with Crippen LogP contribution < -0.4 is 5.32 Å². The number of rotatable bonds is 4. The van der Waals surface area contributed by atoms with E-state index in [4.69, 9.17) is 0 Å². The summed E-state index contributed by atoms with van der Waals surface area (Å²) in [6.07, 6.45) is 13.2. The molecule has 2 bridgehead atoms. The molecule has 19 heavy (non-hydrogen) atoms. The van der Waals surface area contributed by atoms with Crippen molar-refractivity contribution < 1.29 is 0 Å². The Bertz CT molecular complexity index is 291. The van der Waals surface area contributed by atoms with E-state index in [0.29, 0.717) is 0 Å². The van der Waals surface area contributed by atoms with Crippen LogP contribution in [0.3, 0.4) is 0 Å². The van der Waals surface area contributed by atoms with Gasteiger partial charge >= 0.3 is 0 Å². The molecule has 0 aliphatic heterocycles. The summed E-state index contributed by atoms with van der Waals surface area (Å²) in [7, 11) is 4.56. The summed E-state index contributed by atoms with van der Waals surface area (Å²) >= 11 is 0. The largest absolute Gasteiger partial charge is 0.315 e. The second-order valence-corrected chi connectivity index (χ2v) is 7.48. The molecule has 1 N–H and O–H groups in total. The maximum absolute atomic E-state index is 3.59. The van der Waals surface area contributed by atoms with E-state index in [0.717, 1.165) is 29.8 Å². The van der Waals surface area contributed by atoms with E-state index in [1.807, 2.05) is 0 Å². The van der Waals surface area contributed by atoms with Gasteiger partial charge in [-0.05, 0) is 64.0 Å². The molecule has 0 aromatic carbocycles. The summed E-state index contributed by atoms with van der Waals surface area (Å²) < 4.78 is 0. The summed E-state index contributed by atoms with van der Waals surface area (Å²) in [6, 6.07) is 1.51. The lowest BCUT2D eigenvalue weighted by molar-refractivity contribution is 0.140. The molecule has 0 heterocycles. The Morgan fingerprint density at radius 3 is 2.53 bits per heavy atom. The first-order valence-corrected chi connectivity index (χ1v) is 8.65. The highest BCUT2D eigenvalue weighted by molar-refractivity contribution is 4.93. The van der Waals surface area contributed by atoms with E-state index < -0.39 is 0 Å². The van der Waals surface area contributed by atoms with Crippen molar-refractivity contribution in [2.24, 2.45) is 17.8 Å². The highest BCUT2D eigenvalue weighted by atomic mass is 15.2. The molecule has 3 aliphatic carbocycles. The lowest BCUT2D eigenvalue weighted by Crippen LogP contribution is -2.48. The lowest BCUT2D eigenvalue weighted by atomic mass is 9.87. The monoisotopic (exact) mass is 264 g/mol. The number of hydrogen-bond acceptors (Lipinski definition) is 2. The normalized spacial score (nSPS) is 42.8. The molecule has 3 rings (SSSR count). The second kappa shape index (κ2) is 6.13. The van der Waals surface area contributed by atoms with Crippen molar-refractivity contribution in [3.05, 3.63) is 0 Å². The number of likely N-dealkylation sites (N-methyl/N-ethyl adjacent to an activating group) is 2. The minimum Gasteiger partial charge on any atom is -0.315 e. The third kappa shape index (κ3) is 3.00. The average molecular weight is 264 g/mol. The molecule has 110 valence electrons. The number of nitrogens with one attached hydrogen (secondary N) is 1. The molecule has 0 radical (unpaired) electrons. The molecule has 0 spiro atoms. The molecule has 5 unspecified atom stereocenters. The Balaban J connectivity index is 1.57. The van der Waals surface area contributed by atoms with Crippen LogP contribution in [0.2, 0.25) is 0 Å². The number of fused-ring (bicyclic) bond motifs is 2. The Morgan fingerprint density at radius 1 is 1.00 bits per heavy atom. The summed E-state index contributed by atoms with van der Waals surface area (Å²) in [5.41, 5.74) is 0. The van der Waals surface area contributed by atoms with Crippen molar-refractivity contribution in [1.82, 2.24) is 10.2 Å². The Labute approximate surface area is 119 Å². The van der Waals surface area contributed by atoms with E-state index in [2.05, 4.69) is 24.3 Å². The summed E-state index contributed by atoms with van der Waals surface area (Å²) in [5, 5.41) is 3.59. The van der Waals surface area contributed by atoms with Crippen LogP contribution in [-0.4, -0.2) is 37.6 Å². The van der Waals surface area contributed by atoms with Gasteiger partial charge in [0.1, 0.15) is 0 Å². The van der Waals surface area contributed by atoms with Crippen molar-refractivity contribution in [1.29, 1.82) is 0 Å². The molecular formula is C17H32N2. The van der Waals surface area contributed by atoms with E-state index in [9.17, 15) is 0 Å². The van der Waals surface area contributed by atoms with E-state index in [1.165, 1.54) is 57.9 Å². The molecule has 0 aromatic heterocycles. The van der Waals surface area contributed by atoms with Crippen LogP contribution in [0.25, 0.3) is 0 Å². The fourth-order valence-electron chi connectivity index (χ4n) is 5.26. The predicted molar refractivity (Wildman–Crippen MR) is 81.3 cm³/mol. The second-order valence-electron chi connectivity index (χ2n) is 7.48. The van der Waals surface area contributed by atoms with Gasteiger partial charge in [-0.3, -0.25) is 0 Å². The van der Waals surface area contributed by atoms with Gasteiger partial charge in [0.05, 0.1) is 0 Å². The van der Waals surface area contributed by atoms with Crippen LogP contribution in [0.15, 0.2) is 0 Å². The minimum atomic E-state index is 0.728. The molecule has 0 saturated heterocycles. The van der Waals surface area contributed by atoms with E-state index in [1.54, 1.807) is 6.42 Å². The fourth-order valence-corrected chi connectivity index (χ4v) is 5.26. The molecule has 0 amide bonds. The lowest BCUT2D eigenvalue weighted by Gasteiger charge is -2.36.